The third-order valence-corrected chi connectivity index (χ3v) is 3.43. The first kappa shape index (κ1) is 15.2. The summed E-state index contributed by atoms with van der Waals surface area (Å²) >= 11 is 1.57. The molecule has 1 aromatic carbocycles. The van der Waals surface area contributed by atoms with Gasteiger partial charge in [0.05, 0.1) is 6.54 Å². The molecule has 0 fully saturated rings. The summed E-state index contributed by atoms with van der Waals surface area (Å²) in [6.07, 6.45) is 3.01. The Morgan fingerprint density at radius 1 is 1.29 bits per heavy atom. The number of nitrogens with one attached hydrogen (secondary N) is 1. The zero-order valence-electron chi connectivity index (χ0n) is 11.0. The minimum Gasteiger partial charge on any atom is -0.435 e. The summed E-state index contributed by atoms with van der Waals surface area (Å²) in [5.41, 5.74) is 0.725. The van der Waals surface area contributed by atoms with E-state index in [1.54, 1.807) is 29.5 Å². The first-order chi connectivity index (χ1) is 10.1. The normalized spacial score (nSPS) is 11.0. The lowest BCUT2D eigenvalue weighted by molar-refractivity contribution is -0.116. The van der Waals surface area contributed by atoms with Gasteiger partial charge in [0, 0.05) is 11.0 Å². The van der Waals surface area contributed by atoms with Crippen LogP contribution in [0, 0.1) is 0 Å². The molecule has 6 heteroatoms. The predicted octanol–water partition coefficient (Wildman–Crippen LogP) is 3.68. The lowest BCUT2D eigenvalue weighted by atomic mass is 10.2. The Morgan fingerprint density at radius 3 is 2.67 bits per heavy atom. The molecule has 110 valence electrons. The third kappa shape index (κ3) is 5.35. The number of halogens is 2. The fourth-order valence-electron chi connectivity index (χ4n) is 1.58. The van der Waals surface area contributed by atoms with Crippen molar-refractivity contribution in [2.24, 2.45) is 0 Å². The summed E-state index contributed by atoms with van der Waals surface area (Å²) in [6, 6.07) is 9.91. The molecule has 0 saturated carbocycles. The Hall–Kier alpha value is -2.21. The van der Waals surface area contributed by atoms with Crippen LogP contribution in [-0.2, 0) is 11.3 Å². The van der Waals surface area contributed by atoms with Crippen LogP contribution in [0.25, 0.3) is 6.08 Å². The van der Waals surface area contributed by atoms with Crippen LogP contribution in [0.1, 0.15) is 10.4 Å². The molecule has 0 aliphatic carbocycles. The number of alkyl halides is 2. The molecule has 0 unspecified atom stereocenters. The van der Waals surface area contributed by atoms with Crippen LogP contribution in [0.15, 0.2) is 47.9 Å². The molecule has 1 N–H and O–H groups in total. The fourth-order valence-corrected chi connectivity index (χ4v) is 2.22. The molecule has 0 aliphatic heterocycles. The maximum absolute atomic E-state index is 12.0. The largest absolute Gasteiger partial charge is 0.435 e. The zero-order valence-corrected chi connectivity index (χ0v) is 11.8. The van der Waals surface area contributed by atoms with Gasteiger partial charge in [0.15, 0.2) is 0 Å². The number of carbonyl (C=O) groups excluding carboxylic acids is 1. The molecule has 1 amide bonds. The lowest BCUT2D eigenvalue weighted by Crippen LogP contribution is -2.19. The molecule has 0 saturated heterocycles. The Morgan fingerprint density at radius 2 is 2.05 bits per heavy atom. The van der Waals surface area contributed by atoms with E-state index in [-0.39, 0.29) is 11.7 Å². The van der Waals surface area contributed by atoms with E-state index < -0.39 is 6.61 Å². The third-order valence-electron chi connectivity index (χ3n) is 2.55. The number of ether oxygens (including phenoxy) is 1. The van der Waals surface area contributed by atoms with Crippen molar-refractivity contribution < 1.29 is 18.3 Å². The number of hydrogen-bond acceptors (Lipinski definition) is 3. The molecule has 0 spiro atoms. The van der Waals surface area contributed by atoms with E-state index in [0.29, 0.717) is 6.54 Å². The quantitative estimate of drug-likeness (QED) is 0.827. The molecule has 2 aromatic rings. The van der Waals surface area contributed by atoms with E-state index in [1.165, 1.54) is 18.2 Å². The van der Waals surface area contributed by atoms with Crippen LogP contribution >= 0.6 is 11.3 Å². The molecule has 0 radical (unpaired) electrons. The average molecular weight is 309 g/mol. The molecule has 1 aromatic heterocycles. The van der Waals surface area contributed by atoms with Crippen molar-refractivity contribution in [3.63, 3.8) is 0 Å². The Kier molecular flexibility index (Phi) is 5.45. The minimum absolute atomic E-state index is 0.0873. The van der Waals surface area contributed by atoms with E-state index >= 15 is 0 Å². The smallest absolute Gasteiger partial charge is 0.387 e. The summed E-state index contributed by atoms with van der Waals surface area (Å²) in [6.45, 7) is -2.35. The Balaban J connectivity index is 1.83. The Bertz CT molecular complexity index is 595. The van der Waals surface area contributed by atoms with E-state index in [0.717, 1.165) is 10.4 Å². The number of carbonyl (C=O) groups is 1. The maximum atomic E-state index is 12.0. The van der Waals surface area contributed by atoms with Gasteiger partial charge in [-0.2, -0.15) is 8.78 Å². The standard InChI is InChI=1S/C15H13F2NO2S/c16-15(17)20-12-6-3-11(4-7-12)5-8-14(19)18-10-13-2-1-9-21-13/h1-9,15H,10H2,(H,18,19). The first-order valence-corrected chi connectivity index (χ1v) is 7.04. The van der Waals surface area contributed by atoms with Gasteiger partial charge in [-0.3, -0.25) is 4.79 Å². The minimum atomic E-state index is -2.84. The second kappa shape index (κ2) is 7.54. The second-order valence-electron chi connectivity index (χ2n) is 4.08. The number of hydrogen-bond donors (Lipinski definition) is 1. The first-order valence-electron chi connectivity index (χ1n) is 6.16. The molecule has 21 heavy (non-hydrogen) atoms. The molecule has 0 aliphatic rings. The topological polar surface area (TPSA) is 38.3 Å². The number of thiophene rings is 1. The van der Waals surface area contributed by atoms with Gasteiger partial charge in [0.2, 0.25) is 5.91 Å². The maximum Gasteiger partial charge on any atom is 0.387 e. The van der Waals surface area contributed by atoms with Gasteiger partial charge in [0.25, 0.3) is 0 Å². The Labute approximate surface area is 124 Å². The summed E-state index contributed by atoms with van der Waals surface area (Å²) in [7, 11) is 0. The van der Waals surface area contributed by atoms with Gasteiger partial charge in [0.1, 0.15) is 5.75 Å². The van der Waals surface area contributed by atoms with Gasteiger partial charge in [-0.15, -0.1) is 11.3 Å². The second-order valence-corrected chi connectivity index (χ2v) is 5.11. The van der Waals surface area contributed by atoms with Crippen molar-refractivity contribution in [3.8, 4) is 5.75 Å². The number of amides is 1. The number of benzene rings is 1. The van der Waals surface area contributed by atoms with E-state index in [2.05, 4.69) is 10.1 Å². The molecular formula is C15H13F2NO2S. The molecule has 3 nitrogen and oxygen atoms in total. The molecule has 1 heterocycles. The van der Waals surface area contributed by atoms with Crippen molar-refractivity contribution in [3.05, 3.63) is 58.3 Å². The summed E-state index contributed by atoms with van der Waals surface area (Å²) < 4.78 is 28.2. The monoisotopic (exact) mass is 309 g/mol. The van der Waals surface area contributed by atoms with Crippen LogP contribution in [0.2, 0.25) is 0 Å². The van der Waals surface area contributed by atoms with Crippen LogP contribution in [0.5, 0.6) is 5.75 Å². The molecule has 0 bridgehead atoms. The fraction of sp³-hybridized carbons (Fsp3) is 0.133. The van der Waals surface area contributed by atoms with Crippen molar-refractivity contribution in [2.75, 3.05) is 0 Å². The highest BCUT2D eigenvalue weighted by atomic mass is 32.1. The highest BCUT2D eigenvalue weighted by Gasteiger charge is 2.03. The van der Waals surface area contributed by atoms with Crippen LogP contribution < -0.4 is 10.1 Å². The average Bonchev–Trinajstić information content (AvgIpc) is 2.97. The zero-order chi connectivity index (χ0) is 15.1. The highest BCUT2D eigenvalue weighted by Crippen LogP contribution is 2.15. The van der Waals surface area contributed by atoms with E-state index in [4.69, 9.17) is 0 Å². The van der Waals surface area contributed by atoms with Gasteiger partial charge < -0.3 is 10.1 Å². The predicted molar refractivity (Wildman–Crippen MR) is 78.3 cm³/mol. The van der Waals surface area contributed by atoms with Crippen molar-refractivity contribution in [1.29, 1.82) is 0 Å². The van der Waals surface area contributed by atoms with E-state index in [1.807, 2.05) is 17.5 Å². The van der Waals surface area contributed by atoms with Gasteiger partial charge in [-0.1, -0.05) is 18.2 Å². The van der Waals surface area contributed by atoms with Crippen LogP contribution in [-0.4, -0.2) is 12.5 Å². The van der Waals surface area contributed by atoms with Crippen molar-refractivity contribution >= 4 is 23.3 Å². The van der Waals surface area contributed by atoms with Crippen molar-refractivity contribution in [1.82, 2.24) is 5.32 Å². The highest BCUT2D eigenvalue weighted by molar-refractivity contribution is 7.09. The number of rotatable bonds is 6. The molecular weight excluding hydrogens is 296 g/mol. The van der Waals surface area contributed by atoms with Crippen LogP contribution in [0.3, 0.4) is 0 Å². The van der Waals surface area contributed by atoms with Crippen LogP contribution in [0.4, 0.5) is 8.78 Å². The van der Waals surface area contributed by atoms with Gasteiger partial charge in [-0.25, -0.2) is 0 Å². The summed E-state index contributed by atoms with van der Waals surface area (Å²) in [5, 5.41) is 4.70. The van der Waals surface area contributed by atoms with Gasteiger partial charge >= 0.3 is 6.61 Å². The summed E-state index contributed by atoms with van der Waals surface area (Å²) in [4.78, 5) is 12.7. The van der Waals surface area contributed by atoms with E-state index in [9.17, 15) is 13.6 Å². The lowest BCUT2D eigenvalue weighted by Gasteiger charge is -2.03. The molecule has 2 rings (SSSR count). The SMILES string of the molecule is O=C(C=Cc1ccc(OC(F)F)cc1)NCc1cccs1. The summed E-state index contributed by atoms with van der Waals surface area (Å²) in [5.74, 6) is -0.124. The molecule has 0 atom stereocenters. The van der Waals surface area contributed by atoms with Gasteiger partial charge in [-0.05, 0) is 35.2 Å². The van der Waals surface area contributed by atoms with Crippen molar-refractivity contribution in [2.45, 2.75) is 13.2 Å².